The summed E-state index contributed by atoms with van der Waals surface area (Å²) in [5.41, 5.74) is 0.702. The van der Waals surface area contributed by atoms with E-state index in [0.717, 1.165) is 24.9 Å². The molecule has 0 amide bonds. The molecule has 80 valence electrons. The van der Waals surface area contributed by atoms with Gasteiger partial charge in [0.15, 0.2) is 0 Å². The SMILES string of the molecule is CCC[Si](Cl)(Cl)C[Si](Cl)(Cl)CCC. The Kier molecular flexibility index (Phi) is 7.00. The van der Waals surface area contributed by atoms with E-state index in [0.29, 0.717) is 5.67 Å². The summed E-state index contributed by atoms with van der Waals surface area (Å²) in [5.74, 6) is 0. The molecule has 0 N–H and O–H groups in total. The van der Waals surface area contributed by atoms with E-state index in [-0.39, 0.29) is 0 Å². The molecule has 0 bridgehead atoms. The Labute approximate surface area is 102 Å². The predicted molar refractivity (Wildman–Crippen MR) is 69.9 cm³/mol. The largest absolute Gasteiger partial charge is 0.251 e. The molecule has 0 saturated heterocycles. The van der Waals surface area contributed by atoms with Crippen LogP contribution in [0.25, 0.3) is 0 Å². The van der Waals surface area contributed by atoms with E-state index < -0.39 is 13.4 Å². The van der Waals surface area contributed by atoms with Crippen LogP contribution < -0.4 is 0 Å². The van der Waals surface area contributed by atoms with Crippen LogP contribution in [0.15, 0.2) is 0 Å². The van der Waals surface area contributed by atoms with Gasteiger partial charge in [-0.05, 0) is 17.8 Å². The Bertz CT molecular complexity index is 133. The lowest BCUT2D eigenvalue weighted by atomic mass is 10.6. The predicted octanol–water partition coefficient (Wildman–Crippen LogP) is 5.19. The van der Waals surface area contributed by atoms with Crippen LogP contribution in [-0.2, 0) is 0 Å². The third-order valence-corrected chi connectivity index (χ3v) is 15.4. The number of hydrogen-bond donors (Lipinski definition) is 0. The van der Waals surface area contributed by atoms with Crippen molar-refractivity contribution in [1.82, 2.24) is 0 Å². The molecule has 0 spiro atoms. The van der Waals surface area contributed by atoms with Gasteiger partial charge in [0.05, 0.1) is 0 Å². The lowest BCUT2D eigenvalue weighted by Gasteiger charge is -2.23. The second-order valence-electron chi connectivity index (χ2n) is 3.39. The zero-order valence-corrected chi connectivity index (χ0v) is 13.1. The molecule has 0 aliphatic heterocycles. The maximum Gasteiger partial charge on any atom is 0.251 e. The van der Waals surface area contributed by atoms with Gasteiger partial charge < -0.3 is 0 Å². The molecule has 0 saturated carbocycles. The molecule has 0 aromatic rings. The zero-order valence-electron chi connectivity index (χ0n) is 8.05. The average molecular weight is 298 g/mol. The van der Waals surface area contributed by atoms with Crippen LogP contribution in [0.1, 0.15) is 26.7 Å². The van der Waals surface area contributed by atoms with Crippen molar-refractivity contribution in [3.63, 3.8) is 0 Å². The van der Waals surface area contributed by atoms with E-state index in [1.165, 1.54) is 0 Å². The van der Waals surface area contributed by atoms with E-state index in [2.05, 4.69) is 13.8 Å². The lowest BCUT2D eigenvalue weighted by Crippen LogP contribution is -2.32. The third kappa shape index (κ3) is 7.51. The van der Waals surface area contributed by atoms with Crippen molar-refractivity contribution in [2.75, 3.05) is 0 Å². The van der Waals surface area contributed by atoms with Gasteiger partial charge >= 0.3 is 0 Å². The molecule has 0 aromatic heterocycles. The minimum absolute atomic E-state index is 0.702. The monoisotopic (exact) mass is 296 g/mol. The first-order chi connectivity index (χ1) is 5.83. The maximum atomic E-state index is 6.23. The normalized spacial score (nSPS) is 13.4. The highest BCUT2D eigenvalue weighted by Gasteiger charge is 2.40. The molecule has 6 heteroatoms. The second kappa shape index (κ2) is 6.24. The van der Waals surface area contributed by atoms with Gasteiger partial charge in [-0.3, -0.25) is 0 Å². The van der Waals surface area contributed by atoms with Crippen LogP contribution in [0.4, 0.5) is 0 Å². The fraction of sp³-hybridized carbons (Fsp3) is 1.00. The molecular weight excluding hydrogens is 282 g/mol. The molecule has 0 aromatic carbocycles. The van der Waals surface area contributed by atoms with E-state index in [1.807, 2.05) is 0 Å². The molecule has 13 heavy (non-hydrogen) atoms. The second-order valence-corrected chi connectivity index (χ2v) is 19.1. The van der Waals surface area contributed by atoms with Gasteiger partial charge in [0.25, 0.3) is 13.4 Å². The van der Waals surface area contributed by atoms with Gasteiger partial charge in [0.1, 0.15) is 0 Å². The summed E-state index contributed by atoms with van der Waals surface area (Å²) in [6.07, 6.45) is 2.03. The topological polar surface area (TPSA) is 0 Å². The van der Waals surface area contributed by atoms with E-state index in [1.54, 1.807) is 0 Å². The fourth-order valence-electron chi connectivity index (χ4n) is 1.29. The zero-order chi connectivity index (χ0) is 10.5. The standard InChI is InChI=1S/C7H16Cl4Si2/c1-3-5-12(8,9)7-13(10,11)6-4-2/h3-7H2,1-2H3. The van der Waals surface area contributed by atoms with Crippen LogP contribution in [0, 0.1) is 0 Å². The average Bonchev–Trinajstić information content (AvgIpc) is 1.82. The molecule has 0 rings (SSSR count). The number of rotatable bonds is 6. The Morgan fingerprint density at radius 3 is 1.31 bits per heavy atom. The molecule has 0 aliphatic rings. The molecule has 0 heterocycles. The highest BCUT2D eigenvalue weighted by atomic mass is 35.7. The first-order valence-electron chi connectivity index (χ1n) is 4.58. The summed E-state index contributed by atoms with van der Waals surface area (Å²) in [7, 11) is 0. The van der Waals surface area contributed by atoms with E-state index in [4.69, 9.17) is 44.3 Å². The van der Waals surface area contributed by atoms with Crippen molar-refractivity contribution in [1.29, 1.82) is 0 Å². The molecule has 0 fully saturated rings. The summed E-state index contributed by atoms with van der Waals surface area (Å²) < 4.78 is 0. The fourth-order valence-corrected chi connectivity index (χ4v) is 20.1. The minimum atomic E-state index is -2.13. The molecular formula is C7H16Cl4Si2. The third-order valence-electron chi connectivity index (χ3n) is 1.75. The van der Waals surface area contributed by atoms with Crippen molar-refractivity contribution < 1.29 is 0 Å². The van der Waals surface area contributed by atoms with Gasteiger partial charge in [0, 0.05) is 0 Å². The summed E-state index contributed by atoms with van der Waals surface area (Å²) in [6, 6.07) is 1.79. The van der Waals surface area contributed by atoms with Crippen LogP contribution in [-0.4, -0.2) is 13.4 Å². The summed E-state index contributed by atoms with van der Waals surface area (Å²) in [5, 5.41) is 0. The molecule has 0 aliphatic carbocycles. The number of hydrogen-bond acceptors (Lipinski definition) is 0. The molecule has 0 atom stereocenters. The van der Waals surface area contributed by atoms with Crippen LogP contribution in [0.2, 0.25) is 17.8 Å². The lowest BCUT2D eigenvalue weighted by molar-refractivity contribution is 1.05. The summed E-state index contributed by atoms with van der Waals surface area (Å²) in [4.78, 5) is 0. The van der Waals surface area contributed by atoms with E-state index >= 15 is 0 Å². The Morgan fingerprint density at radius 1 is 0.769 bits per heavy atom. The van der Waals surface area contributed by atoms with Gasteiger partial charge in [-0.1, -0.05) is 26.7 Å². The van der Waals surface area contributed by atoms with E-state index in [9.17, 15) is 0 Å². The summed E-state index contributed by atoms with van der Waals surface area (Å²) >= 11 is 24.9. The highest BCUT2D eigenvalue weighted by molar-refractivity contribution is 7.56. The smallest absolute Gasteiger partial charge is 0.146 e. The highest BCUT2D eigenvalue weighted by Crippen LogP contribution is 2.38. The van der Waals surface area contributed by atoms with Crippen molar-refractivity contribution in [2.24, 2.45) is 0 Å². The quantitative estimate of drug-likeness (QED) is 0.468. The summed E-state index contributed by atoms with van der Waals surface area (Å²) in [6.45, 7) is -0.105. The van der Waals surface area contributed by atoms with Crippen molar-refractivity contribution in [3.05, 3.63) is 0 Å². The van der Waals surface area contributed by atoms with Crippen LogP contribution >= 0.6 is 44.3 Å². The minimum Gasteiger partial charge on any atom is -0.146 e. The van der Waals surface area contributed by atoms with Gasteiger partial charge in [-0.25, -0.2) is 0 Å². The van der Waals surface area contributed by atoms with Crippen LogP contribution in [0.3, 0.4) is 0 Å². The first-order valence-corrected chi connectivity index (χ1v) is 13.5. The molecule has 0 radical (unpaired) electrons. The van der Waals surface area contributed by atoms with Gasteiger partial charge in [-0.15, -0.1) is 44.3 Å². The number of halogens is 4. The Hall–Kier alpha value is 1.59. The van der Waals surface area contributed by atoms with Crippen LogP contribution in [0.5, 0.6) is 0 Å². The first kappa shape index (κ1) is 14.6. The van der Waals surface area contributed by atoms with Gasteiger partial charge in [0.2, 0.25) is 0 Å². The Balaban J connectivity index is 4.07. The molecule has 0 nitrogen and oxygen atoms in total. The molecule has 0 unspecified atom stereocenters. The van der Waals surface area contributed by atoms with Crippen molar-refractivity contribution >= 4 is 57.7 Å². The van der Waals surface area contributed by atoms with Gasteiger partial charge in [-0.2, -0.15) is 0 Å². The Morgan fingerprint density at radius 2 is 1.08 bits per heavy atom. The maximum absolute atomic E-state index is 6.23. The van der Waals surface area contributed by atoms with Crippen molar-refractivity contribution in [3.8, 4) is 0 Å². The van der Waals surface area contributed by atoms with Crippen molar-refractivity contribution in [2.45, 2.75) is 44.4 Å².